The number of rotatable bonds is 4. The van der Waals surface area contributed by atoms with Crippen molar-refractivity contribution < 1.29 is 0 Å². The maximum absolute atomic E-state index is 13.0. The molecule has 4 aromatic rings. The molecule has 6 heteroatoms. The van der Waals surface area contributed by atoms with E-state index < -0.39 is 0 Å². The molecule has 0 spiro atoms. The number of benzene rings is 3. The third kappa shape index (κ3) is 3.45. The molecule has 0 saturated heterocycles. The second kappa shape index (κ2) is 7.43. The lowest BCUT2D eigenvalue weighted by atomic mass is 10.1. The fourth-order valence-electron chi connectivity index (χ4n) is 2.72. The van der Waals surface area contributed by atoms with Gasteiger partial charge in [0.1, 0.15) is 5.69 Å². The number of aromatic amines is 1. The lowest BCUT2D eigenvalue weighted by molar-refractivity contribution is 0.852. The van der Waals surface area contributed by atoms with E-state index in [2.05, 4.69) is 15.3 Å². The number of nitrogens with zero attached hydrogens (tertiary/aromatic N) is 3. The maximum Gasteiger partial charge on any atom is 0.299 e. The Morgan fingerprint density at radius 1 is 0.778 bits per heavy atom. The van der Waals surface area contributed by atoms with E-state index >= 15 is 0 Å². The molecule has 1 heterocycles. The average Bonchev–Trinajstić information content (AvgIpc) is 3.05. The highest BCUT2D eigenvalue weighted by Gasteiger charge is 2.16. The third-order valence-corrected chi connectivity index (χ3v) is 4.37. The van der Waals surface area contributed by atoms with Crippen LogP contribution in [0.4, 0.5) is 11.4 Å². The second-order valence-corrected chi connectivity index (χ2v) is 6.24. The number of nitrogens with one attached hydrogen (secondary N) is 1. The van der Waals surface area contributed by atoms with Crippen LogP contribution in [0.3, 0.4) is 0 Å². The van der Waals surface area contributed by atoms with Crippen LogP contribution >= 0.6 is 11.6 Å². The van der Waals surface area contributed by atoms with Gasteiger partial charge in [0, 0.05) is 5.56 Å². The summed E-state index contributed by atoms with van der Waals surface area (Å²) in [5.41, 5.74) is 2.61. The van der Waals surface area contributed by atoms with Crippen LogP contribution in [0.25, 0.3) is 16.9 Å². The van der Waals surface area contributed by atoms with E-state index in [1.807, 2.05) is 72.8 Å². The van der Waals surface area contributed by atoms with Crippen LogP contribution in [0.15, 0.2) is 100.0 Å². The quantitative estimate of drug-likeness (QED) is 0.444. The molecular weight excluding hydrogens is 360 g/mol. The minimum Gasteiger partial charge on any atom is -0.288 e. The van der Waals surface area contributed by atoms with Gasteiger partial charge in [-0.1, -0.05) is 72.3 Å². The van der Waals surface area contributed by atoms with E-state index in [1.54, 1.807) is 12.1 Å². The topological polar surface area (TPSA) is 62.5 Å². The van der Waals surface area contributed by atoms with Crippen molar-refractivity contribution in [3.63, 3.8) is 0 Å². The molecule has 1 aromatic heterocycles. The Morgan fingerprint density at radius 3 is 2.11 bits per heavy atom. The molecule has 0 aliphatic heterocycles. The van der Waals surface area contributed by atoms with E-state index in [0.717, 1.165) is 11.3 Å². The van der Waals surface area contributed by atoms with Crippen molar-refractivity contribution in [3.05, 3.63) is 100 Å². The van der Waals surface area contributed by atoms with Crippen molar-refractivity contribution in [2.75, 3.05) is 0 Å². The average molecular weight is 375 g/mol. The van der Waals surface area contributed by atoms with Crippen LogP contribution in [0, 0.1) is 0 Å². The summed E-state index contributed by atoms with van der Waals surface area (Å²) in [6, 6.07) is 26.0. The Kier molecular flexibility index (Phi) is 4.68. The summed E-state index contributed by atoms with van der Waals surface area (Å²) in [5, 5.41) is 12.0. The van der Waals surface area contributed by atoms with Gasteiger partial charge in [-0.25, -0.2) is 4.68 Å². The van der Waals surface area contributed by atoms with Gasteiger partial charge in [-0.05, 0) is 24.3 Å². The number of halogens is 1. The molecule has 0 aliphatic carbocycles. The van der Waals surface area contributed by atoms with Gasteiger partial charge in [0.15, 0.2) is 5.69 Å². The number of hydrogen-bond donors (Lipinski definition) is 1. The van der Waals surface area contributed by atoms with Crippen molar-refractivity contribution in [1.29, 1.82) is 0 Å². The zero-order valence-electron chi connectivity index (χ0n) is 14.2. The van der Waals surface area contributed by atoms with Gasteiger partial charge in [0.05, 0.1) is 16.4 Å². The van der Waals surface area contributed by atoms with Gasteiger partial charge in [0.2, 0.25) is 0 Å². The van der Waals surface area contributed by atoms with Crippen molar-refractivity contribution in [2.45, 2.75) is 0 Å². The SMILES string of the molecule is O=c1c(N=Nc2ccccc2Cl)c(-c2ccccc2)[nH]n1-c1ccccc1. The van der Waals surface area contributed by atoms with Crippen LogP contribution in [0.2, 0.25) is 5.02 Å². The number of azo groups is 1. The van der Waals surface area contributed by atoms with E-state index in [1.165, 1.54) is 4.68 Å². The smallest absolute Gasteiger partial charge is 0.288 e. The molecule has 0 bridgehead atoms. The molecule has 3 aromatic carbocycles. The Labute approximate surface area is 160 Å². The molecule has 0 saturated carbocycles. The minimum atomic E-state index is -0.282. The summed E-state index contributed by atoms with van der Waals surface area (Å²) in [6.07, 6.45) is 0. The monoisotopic (exact) mass is 374 g/mol. The van der Waals surface area contributed by atoms with Crippen molar-refractivity contribution in [2.24, 2.45) is 10.2 Å². The first-order valence-corrected chi connectivity index (χ1v) is 8.74. The fourth-order valence-corrected chi connectivity index (χ4v) is 2.90. The van der Waals surface area contributed by atoms with Gasteiger partial charge in [-0.15, -0.1) is 10.2 Å². The van der Waals surface area contributed by atoms with Gasteiger partial charge in [-0.3, -0.25) is 9.89 Å². The number of aromatic nitrogens is 2. The molecule has 4 rings (SSSR count). The summed E-state index contributed by atoms with van der Waals surface area (Å²) in [5.74, 6) is 0. The number of hydrogen-bond acceptors (Lipinski definition) is 3. The second-order valence-electron chi connectivity index (χ2n) is 5.83. The van der Waals surface area contributed by atoms with Crippen molar-refractivity contribution >= 4 is 23.0 Å². The summed E-state index contributed by atoms with van der Waals surface area (Å²) in [4.78, 5) is 13.0. The molecule has 0 aliphatic rings. The summed E-state index contributed by atoms with van der Waals surface area (Å²) < 4.78 is 1.46. The van der Waals surface area contributed by atoms with Gasteiger partial charge < -0.3 is 0 Å². The standard InChI is InChI=1S/C21H15ClN4O/c22-17-13-7-8-14-18(17)23-24-20-19(15-9-3-1-4-10-15)25-26(21(20)27)16-11-5-2-6-12-16/h1-14,25H. The molecule has 0 unspecified atom stereocenters. The molecule has 0 amide bonds. The Bertz CT molecular complexity index is 1150. The molecule has 0 radical (unpaired) electrons. The predicted molar refractivity (Wildman–Crippen MR) is 107 cm³/mol. The summed E-state index contributed by atoms with van der Waals surface area (Å²) in [6.45, 7) is 0. The Morgan fingerprint density at radius 2 is 1.41 bits per heavy atom. The number of para-hydroxylation sites is 1. The normalized spacial score (nSPS) is 11.1. The molecule has 132 valence electrons. The lowest BCUT2D eigenvalue weighted by Crippen LogP contribution is -2.13. The largest absolute Gasteiger partial charge is 0.299 e. The van der Waals surface area contributed by atoms with Crippen LogP contribution < -0.4 is 5.56 Å². The fraction of sp³-hybridized carbons (Fsp3) is 0. The van der Waals surface area contributed by atoms with Crippen molar-refractivity contribution in [1.82, 2.24) is 9.78 Å². The van der Waals surface area contributed by atoms with E-state index in [4.69, 9.17) is 11.6 Å². The molecule has 0 atom stereocenters. The first-order chi connectivity index (χ1) is 13.2. The zero-order valence-corrected chi connectivity index (χ0v) is 15.0. The van der Waals surface area contributed by atoms with E-state index in [-0.39, 0.29) is 11.2 Å². The zero-order chi connectivity index (χ0) is 18.6. The predicted octanol–water partition coefficient (Wildman–Crippen LogP) is 5.90. The Balaban J connectivity index is 1.88. The maximum atomic E-state index is 13.0. The number of H-pyrrole nitrogens is 1. The highest BCUT2D eigenvalue weighted by molar-refractivity contribution is 6.32. The molecule has 0 fully saturated rings. The van der Waals surface area contributed by atoms with Gasteiger partial charge >= 0.3 is 0 Å². The summed E-state index contributed by atoms with van der Waals surface area (Å²) in [7, 11) is 0. The van der Waals surface area contributed by atoms with Crippen LogP contribution in [0.1, 0.15) is 0 Å². The first kappa shape index (κ1) is 17.0. The molecule has 27 heavy (non-hydrogen) atoms. The van der Waals surface area contributed by atoms with Crippen molar-refractivity contribution in [3.8, 4) is 16.9 Å². The highest BCUT2D eigenvalue weighted by Crippen LogP contribution is 2.30. The van der Waals surface area contributed by atoms with E-state index in [0.29, 0.717) is 16.4 Å². The van der Waals surface area contributed by atoms with Crippen LogP contribution in [-0.2, 0) is 0 Å². The summed E-state index contributed by atoms with van der Waals surface area (Å²) >= 11 is 6.14. The lowest BCUT2D eigenvalue weighted by Gasteiger charge is -2.01. The van der Waals surface area contributed by atoms with Gasteiger partial charge in [-0.2, -0.15) is 0 Å². The van der Waals surface area contributed by atoms with Crippen LogP contribution in [0.5, 0.6) is 0 Å². The molecule has 5 nitrogen and oxygen atoms in total. The van der Waals surface area contributed by atoms with Crippen LogP contribution in [-0.4, -0.2) is 9.78 Å². The minimum absolute atomic E-state index is 0.227. The highest BCUT2D eigenvalue weighted by atomic mass is 35.5. The van der Waals surface area contributed by atoms with E-state index in [9.17, 15) is 4.79 Å². The molecular formula is C21H15ClN4O. The third-order valence-electron chi connectivity index (χ3n) is 4.05. The first-order valence-electron chi connectivity index (χ1n) is 8.36. The molecule has 1 N–H and O–H groups in total. The van der Waals surface area contributed by atoms with Gasteiger partial charge in [0.25, 0.3) is 5.56 Å². The Hall–Kier alpha value is -3.44.